The predicted octanol–water partition coefficient (Wildman–Crippen LogP) is -0.750. The maximum atomic E-state index is 5.56. The summed E-state index contributed by atoms with van der Waals surface area (Å²) in [4.78, 5) is 0. The zero-order valence-corrected chi connectivity index (χ0v) is 11.3. The van der Waals surface area contributed by atoms with Crippen LogP contribution in [0.5, 0.6) is 5.75 Å². The summed E-state index contributed by atoms with van der Waals surface area (Å²) in [6.07, 6.45) is 9.24. The Hall–Kier alpha value is -0.580. The number of aryl methyl sites for hydroxylation is 1. The molecule has 0 aromatic carbocycles. The van der Waals surface area contributed by atoms with Gasteiger partial charge in [-0.2, -0.15) is 0 Å². The second-order valence-corrected chi connectivity index (χ2v) is 3.33. The van der Waals surface area contributed by atoms with E-state index in [1.54, 1.807) is 0 Å². The third kappa shape index (κ3) is 6.49. The fourth-order valence-corrected chi connectivity index (χ4v) is 1.16. The molecule has 0 radical (unpaired) electrons. The molecule has 1 aromatic rings. The van der Waals surface area contributed by atoms with Crippen LogP contribution in [0.2, 0.25) is 0 Å². The average molecular weight is 319 g/mol. The van der Waals surface area contributed by atoms with Gasteiger partial charge in [-0.15, -0.1) is 6.58 Å². The zero-order chi connectivity index (χ0) is 10.2. The van der Waals surface area contributed by atoms with Crippen molar-refractivity contribution in [3.63, 3.8) is 0 Å². The molecule has 84 valence electrons. The van der Waals surface area contributed by atoms with Crippen molar-refractivity contribution in [2.24, 2.45) is 7.05 Å². The number of rotatable bonds is 6. The molecule has 2 nitrogen and oxygen atoms in total. The Bertz CT molecular complexity index is 271. The monoisotopic (exact) mass is 319 g/mol. The van der Waals surface area contributed by atoms with E-state index in [1.165, 1.54) is 0 Å². The highest BCUT2D eigenvalue weighted by Gasteiger charge is 1.95. The fourth-order valence-electron chi connectivity index (χ4n) is 1.16. The van der Waals surface area contributed by atoms with Gasteiger partial charge in [0.1, 0.15) is 12.8 Å². The molecule has 1 rings (SSSR count). The molecule has 0 bridgehead atoms. The van der Waals surface area contributed by atoms with Crippen molar-refractivity contribution in [2.45, 2.75) is 19.3 Å². The first kappa shape index (κ1) is 14.4. The Morgan fingerprint density at radius 2 is 2.00 bits per heavy atom. The van der Waals surface area contributed by atoms with Gasteiger partial charge in [-0.1, -0.05) is 6.08 Å². The summed E-state index contributed by atoms with van der Waals surface area (Å²) in [5.74, 6) is 0.946. The molecular weight excluding hydrogens is 301 g/mol. The van der Waals surface area contributed by atoms with Gasteiger partial charge in [0.15, 0.2) is 12.4 Å². The van der Waals surface area contributed by atoms with E-state index in [2.05, 4.69) is 6.58 Å². The van der Waals surface area contributed by atoms with Crippen molar-refractivity contribution in [3.8, 4) is 5.75 Å². The number of aromatic nitrogens is 1. The van der Waals surface area contributed by atoms with Gasteiger partial charge in [-0.25, -0.2) is 4.57 Å². The summed E-state index contributed by atoms with van der Waals surface area (Å²) in [5.41, 5.74) is 0. The number of halogens is 1. The fraction of sp³-hybridized carbons (Fsp3) is 0.417. The Morgan fingerprint density at radius 3 is 2.60 bits per heavy atom. The first-order chi connectivity index (χ1) is 6.83. The van der Waals surface area contributed by atoms with E-state index in [-0.39, 0.29) is 24.0 Å². The molecular formula is C12H18INO. The number of pyridine rings is 1. The van der Waals surface area contributed by atoms with Gasteiger partial charge >= 0.3 is 0 Å². The molecule has 3 heteroatoms. The van der Waals surface area contributed by atoms with E-state index in [0.29, 0.717) is 0 Å². The molecule has 0 unspecified atom stereocenters. The van der Waals surface area contributed by atoms with E-state index in [4.69, 9.17) is 4.74 Å². The molecule has 0 fully saturated rings. The molecule has 0 spiro atoms. The lowest BCUT2D eigenvalue weighted by Crippen LogP contribution is -3.00. The average Bonchev–Trinajstić information content (AvgIpc) is 2.21. The molecule has 0 atom stereocenters. The first-order valence-electron chi connectivity index (χ1n) is 5.02. The largest absolute Gasteiger partial charge is 1.00 e. The third-order valence-corrected chi connectivity index (χ3v) is 2.02. The molecule has 0 saturated heterocycles. The van der Waals surface area contributed by atoms with Crippen LogP contribution >= 0.6 is 0 Å². The molecule has 0 aliphatic carbocycles. The minimum absolute atomic E-state index is 0. The van der Waals surface area contributed by atoms with Crippen molar-refractivity contribution in [1.82, 2.24) is 0 Å². The molecule has 0 amide bonds. The number of ether oxygens (including phenoxy) is 1. The SMILES string of the molecule is C=CCCCCOc1cc[n+](C)cc1.[I-]. The van der Waals surface area contributed by atoms with Gasteiger partial charge in [-0.05, 0) is 19.3 Å². The highest BCUT2D eigenvalue weighted by Crippen LogP contribution is 2.07. The third-order valence-electron chi connectivity index (χ3n) is 2.02. The minimum atomic E-state index is 0. The lowest BCUT2D eigenvalue weighted by Gasteiger charge is -2.03. The zero-order valence-electron chi connectivity index (χ0n) is 9.16. The van der Waals surface area contributed by atoms with E-state index in [0.717, 1.165) is 31.6 Å². The van der Waals surface area contributed by atoms with Gasteiger partial charge in [0.05, 0.1) is 6.61 Å². The van der Waals surface area contributed by atoms with E-state index < -0.39 is 0 Å². The second kappa shape index (κ2) is 8.71. The molecule has 0 saturated carbocycles. The van der Waals surface area contributed by atoms with Crippen molar-refractivity contribution < 1.29 is 33.3 Å². The van der Waals surface area contributed by atoms with Gasteiger partial charge in [-0.3, -0.25) is 0 Å². The normalized spacial score (nSPS) is 9.13. The summed E-state index contributed by atoms with van der Waals surface area (Å²) >= 11 is 0. The predicted molar refractivity (Wildman–Crippen MR) is 57.2 cm³/mol. The Kier molecular flexibility index (Phi) is 8.37. The summed E-state index contributed by atoms with van der Waals surface area (Å²) in [7, 11) is 1.99. The standard InChI is InChI=1S/C12H18NO.HI/c1-3-4-5-6-11-14-12-7-9-13(2)10-8-12;/h3,7-10H,1,4-6,11H2,2H3;1H/q+1;/p-1. The van der Waals surface area contributed by atoms with Crippen LogP contribution in [0.15, 0.2) is 37.2 Å². The van der Waals surface area contributed by atoms with Crippen LogP contribution in [0.3, 0.4) is 0 Å². The first-order valence-corrected chi connectivity index (χ1v) is 5.02. The molecule has 0 N–H and O–H groups in total. The van der Waals surface area contributed by atoms with Crippen LogP contribution in [0.25, 0.3) is 0 Å². The van der Waals surface area contributed by atoms with Gasteiger partial charge in [0.2, 0.25) is 0 Å². The van der Waals surface area contributed by atoms with E-state index in [1.807, 2.05) is 42.2 Å². The summed E-state index contributed by atoms with van der Waals surface area (Å²) in [6.45, 7) is 4.48. The summed E-state index contributed by atoms with van der Waals surface area (Å²) in [6, 6.07) is 3.96. The van der Waals surface area contributed by atoms with Gasteiger partial charge in [0, 0.05) is 12.1 Å². The molecule has 0 aliphatic rings. The number of hydrogen-bond donors (Lipinski definition) is 0. The van der Waals surface area contributed by atoms with Crippen LogP contribution in [-0.4, -0.2) is 6.61 Å². The van der Waals surface area contributed by atoms with Crippen molar-refractivity contribution in [1.29, 1.82) is 0 Å². The van der Waals surface area contributed by atoms with Crippen LogP contribution in [0.4, 0.5) is 0 Å². The van der Waals surface area contributed by atoms with Crippen molar-refractivity contribution >= 4 is 0 Å². The number of unbranched alkanes of at least 4 members (excludes halogenated alkanes) is 2. The number of nitrogens with zero attached hydrogens (tertiary/aromatic N) is 1. The Morgan fingerprint density at radius 1 is 1.33 bits per heavy atom. The van der Waals surface area contributed by atoms with Crippen LogP contribution < -0.4 is 33.3 Å². The lowest BCUT2D eigenvalue weighted by molar-refractivity contribution is -0.671. The number of allylic oxidation sites excluding steroid dienone is 1. The van der Waals surface area contributed by atoms with Crippen molar-refractivity contribution in [3.05, 3.63) is 37.2 Å². The summed E-state index contributed by atoms with van der Waals surface area (Å²) in [5, 5.41) is 0. The second-order valence-electron chi connectivity index (χ2n) is 3.33. The van der Waals surface area contributed by atoms with Gasteiger partial charge < -0.3 is 28.7 Å². The van der Waals surface area contributed by atoms with Gasteiger partial charge in [0.25, 0.3) is 0 Å². The quantitative estimate of drug-likeness (QED) is 0.291. The Balaban J connectivity index is 0.00000196. The topological polar surface area (TPSA) is 13.1 Å². The molecule has 0 aliphatic heterocycles. The molecule has 1 heterocycles. The Labute approximate surface area is 109 Å². The summed E-state index contributed by atoms with van der Waals surface area (Å²) < 4.78 is 7.55. The highest BCUT2D eigenvalue weighted by molar-refractivity contribution is 5.14. The smallest absolute Gasteiger partial charge is 0.172 e. The maximum absolute atomic E-state index is 5.56. The lowest BCUT2D eigenvalue weighted by atomic mass is 10.2. The molecule has 1 aromatic heterocycles. The highest BCUT2D eigenvalue weighted by atomic mass is 127. The maximum Gasteiger partial charge on any atom is 0.172 e. The minimum Gasteiger partial charge on any atom is -1.00 e. The molecule has 15 heavy (non-hydrogen) atoms. The van der Waals surface area contributed by atoms with Crippen LogP contribution in [0.1, 0.15) is 19.3 Å². The van der Waals surface area contributed by atoms with Crippen LogP contribution in [0, 0.1) is 0 Å². The van der Waals surface area contributed by atoms with Crippen LogP contribution in [-0.2, 0) is 7.05 Å². The van der Waals surface area contributed by atoms with E-state index in [9.17, 15) is 0 Å². The van der Waals surface area contributed by atoms with E-state index >= 15 is 0 Å². The number of hydrogen-bond acceptors (Lipinski definition) is 1. The van der Waals surface area contributed by atoms with Crippen molar-refractivity contribution in [2.75, 3.05) is 6.61 Å².